The summed E-state index contributed by atoms with van der Waals surface area (Å²) in [6.45, 7) is 8.04. The van der Waals surface area contributed by atoms with E-state index in [1.165, 1.54) is 54.6 Å². The number of rotatable bonds is 3. The maximum atomic E-state index is 3.68. The molecule has 100 valence electrons. The van der Waals surface area contributed by atoms with Gasteiger partial charge in [0.05, 0.1) is 0 Å². The first-order valence-corrected chi connectivity index (χ1v) is 7.73. The molecule has 0 aliphatic carbocycles. The summed E-state index contributed by atoms with van der Waals surface area (Å²) in [5, 5.41) is 3.68. The van der Waals surface area contributed by atoms with Gasteiger partial charge in [-0.15, -0.1) is 0 Å². The predicted molar refractivity (Wildman–Crippen MR) is 82.3 cm³/mol. The first kappa shape index (κ1) is 13.9. The average molecular weight is 311 g/mol. The van der Waals surface area contributed by atoms with E-state index in [2.05, 4.69) is 58.2 Å². The average Bonchev–Trinajstić information content (AvgIpc) is 2.59. The van der Waals surface area contributed by atoms with Crippen LogP contribution >= 0.6 is 15.9 Å². The highest BCUT2D eigenvalue weighted by Gasteiger charge is 2.15. The Morgan fingerprint density at radius 3 is 2.89 bits per heavy atom. The van der Waals surface area contributed by atoms with E-state index in [1.54, 1.807) is 0 Å². The fourth-order valence-corrected chi connectivity index (χ4v) is 2.91. The largest absolute Gasteiger partial charge is 0.382 e. The Balaban J connectivity index is 1.94. The minimum absolute atomic E-state index is 0.621. The molecule has 1 N–H and O–H groups in total. The number of benzene rings is 1. The molecular formula is C15H23BrN2. The zero-order chi connectivity index (χ0) is 13.0. The van der Waals surface area contributed by atoms with E-state index in [9.17, 15) is 0 Å². The van der Waals surface area contributed by atoms with E-state index in [0.29, 0.717) is 6.04 Å². The fraction of sp³-hybridized carbons (Fsp3) is 0.600. The Morgan fingerprint density at radius 1 is 1.33 bits per heavy atom. The molecule has 0 saturated carbocycles. The van der Waals surface area contributed by atoms with Crippen LogP contribution < -0.4 is 5.32 Å². The van der Waals surface area contributed by atoms with E-state index < -0.39 is 0 Å². The second-order valence-corrected chi connectivity index (χ2v) is 6.02. The summed E-state index contributed by atoms with van der Waals surface area (Å²) in [5.74, 6) is 0. The number of hydrogen-bond acceptors (Lipinski definition) is 2. The van der Waals surface area contributed by atoms with Gasteiger partial charge in [0, 0.05) is 22.7 Å². The van der Waals surface area contributed by atoms with Crippen molar-refractivity contribution in [2.45, 2.75) is 39.2 Å². The quantitative estimate of drug-likeness (QED) is 0.906. The molecule has 2 nitrogen and oxygen atoms in total. The number of hydrogen-bond donors (Lipinski definition) is 1. The van der Waals surface area contributed by atoms with Crippen LogP contribution in [0.5, 0.6) is 0 Å². The third-order valence-corrected chi connectivity index (χ3v) is 4.66. The molecule has 3 heteroatoms. The molecule has 18 heavy (non-hydrogen) atoms. The topological polar surface area (TPSA) is 15.3 Å². The van der Waals surface area contributed by atoms with Crippen LogP contribution in [0.15, 0.2) is 22.7 Å². The summed E-state index contributed by atoms with van der Waals surface area (Å²) in [7, 11) is 0. The molecular weight excluding hydrogens is 288 g/mol. The van der Waals surface area contributed by atoms with E-state index in [-0.39, 0.29) is 0 Å². The van der Waals surface area contributed by atoms with Crippen molar-refractivity contribution in [3.05, 3.63) is 28.2 Å². The monoisotopic (exact) mass is 310 g/mol. The van der Waals surface area contributed by atoms with Crippen molar-refractivity contribution in [2.75, 3.05) is 25.0 Å². The minimum atomic E-state index is 0.621. The molecule has 0 radical (unpaired) electrons. The van der Waals surface area contributed by atoms with Gasteiger partial charge in [-0.05, 0) is 57.0 Å². The zero-order valence-electron chi connectivity index (χ0n) is 11.4. The summed E-state index contributed by atoms with van der Waals surface area (Å²) in [5.41, 5.74) is 2.53. The van der Waals surface area contributed by atoms with Crippen LogP contribution in [0, 0.1) is 6.92 Å². The normalized spacial score (nSPS) is 21.6. The van der Waals surface area contributed by atoms with E-state index in [4.69, 9.17) is 0 Å². The highest BCUT2D eigenvalue weighted by Crippen LogP contribution is 2.23. The fourth-order valence-electron chi connectivity index (χ4n) is 2.53. The van der Waals surface area contributed by atoms with Crippen molar-refractivity contribution in [3.8, 4) is 0 Å². The minimum Gasteiger partial charge on any atom is -0.382 e. The summed E-state index contributed by atoms with van der Waals surface area (Å²) in [6.07, 6.45) is 3.83. The zero-order valence-corrected chi connectivity index (χ0v) is 13.0. The van der Waals surface area contributed by atoms with Gasteiger partial charge in [-0.25, -0.2) is 0 Å². The third-order valence-electron chi connectivity index (χ3n) is 3.81. The van der Waals surface area contributed by atoms with E-state index in [0.717, 1.165) is 0 Å². The predicted octanol–water partition coefficient (Wildman–Crippen LogP) is 4.04. The van der Waals surface area contributed by atoms with Crippen LogP contribution in [0.3, 0.4) is 0 Å². The highest BCUT2D eigenvalue weighted by molar-refractivity contribution is 9.10. The number of aryl methyl sites for hydroxylation is 1. The smallest absolute Gasteiger partial charge is 0.0353 e. The van der Waals surface area contributed by atoms with Crippen LogP contribution in [0.2, 0.25) is 0 Å². The van der Waals surface area contributed by atoms with Crippen LogP contribution in [0.1, 0.15) is 31.7 Å². The Morgan fingerprint density at radius 2 is 2.17 bits per heavy atom. The summed E-state index contributed by atoms with van der Waals surface area (Å²) < 4.78 is 1.19. The van der Waals surface area contributed by atoms with Crippen molar-refractivity contribution in [1.29, 1.82) is 0 Å². The molecule has 0 bridgehead atoms. The SMILES string of the molecule is CCN1CCCC(Nc2ccc(C)c(Br)c2)CC1. The van der Waals surface area contributed by atoms with Crippen molar-refractivity contribution < 1.29 is 0 Å². The Labute approximate surface area is 119 Å². The Kier molecular flexibility index (Phi) is 5.07. The molecule has 1 heterocycles. The first-order chi connectivity index (χ1) is 8.69. The number of likely N-dealkylation sites (tertiary alicyclic amines) is 1. The molecule has 0 aromatic heterocycles. The van der Waals surface area contributed by atoms with Crippen molar-refractivity contribution in [3.63, 3.8) is 0 Å². The van der Waals surface area contributed by atoms with Gasteiger partial charge in [-0.3, -0.25) is 0 Å². The van der Waals surface area contributed by atoms with Crippen LogP contribution in [-0.2, 0) is 0 Å². The van der Waals surface area contributed by atoms with Gasteiger partial charge < -0.3 is 10.2 Å². The standard InChI is InChI=1S/C15H23BrN2/c1-3-18-9-4-5-13(8-10-18)17-14-7-6-12(2)15(16)11-14/h6-7,11,13,17H,3-5,8-10H2,1-2H3. The molecule has 1 aliphatic heterocycles. The third kappa shape index (κ3) is 3.72. The van der Waals surface area contributed by atoms with Gasteiger partial charge in [0.25, 0.3) is 0 Å². The van der Waals surface area contributed by atoms with Crippen molar-refractivity contribution in [1.82, 2.24) is 4.90 Å². The lowest BCUT2D eigenvalue weighted by molar-refractivity contribution is 0.300. The molecule has 1 atom stereocenters. The van der Waals surface area contributed by atoms with Crippen LogP contribution in [0.4, 0.5) is 5.69 Å². The lowest BCUT2D eigenvalue weighted by Gasteiger charge is -2.19. The van der Waals surface area contributed by atoms with Crippen LogP contribution in [0.25, 0.3) is 0 Å². The maximum Gasteiger partial charge on any atom is 0.0353 e. The van der Waals surface area contributed by atoms with Gasteiger partial charge in [0.2, 0.25) is 0 Å². The Hall–Kier alpha value is -0.540. The van der Waals surface area contributed by atoms with Gasteiger partial charge in [-0.2, -0.15) is 0 Å². The van der Waals surface area contributed by atoms with Gasteiger partial charge in [0.1, 0.15) is 0 Å². The van der Waals surface area contributed by atoms with Gasteiger partial charge in [0.15, 0.2) is 0 Å². The first-order valence-electron chi connectivity index (χ1n) is 6.94. The Bertz CT molecular complexity index is 392. The molecule has 1 unspecified atom stereocenters. The second kappa shape index (κ2) is 6.58. The van der Waals surface area contributed by atoms with Gasteiger partial charge >= 0.3 is 0 Å². The van der Waals surface area contributed by atoms with Crippen molar-refractivity contribution in [2.24, 2.45) is 0 Å². The molecule has 0 spiro atoms. The molecule has 1 aliphatic rings. The number of nitrogens with one attached hydrogen (secondary N) is 1. The number of anilines is 1. The van der Waals surface area contributed by atoms with Gasteiger partial charge in [-0.1, -0.05) is 28.9 Å². The van der Waals surface area contributed by atoms with Crippen molar-refractivity contribution >= 4 is 21.6 Å². The molecule has 0 amide bonds. The van der Waals surface area contributed by atoms with Crippen LogP contribution in [-0.4, -0.2) is 30.6 Å². The molecule has 1 aromatic rings. The molecule has 1 fully saturated rings. The number of nitrogens with zero attached hydrogens (tertiary/aromatic N) is 1. The summed E-state index contributed by atoms with van der Waals surface area (Å²) in [4.78, 5) is 2.55. The lowest BCUT2D eigenvalue weighted by atomic mass is 10.1. The van der Waals surface area contributed by atoms with E-state index >= 15 is 0 Å². The molecule has 1 aromatic carbocycles. The lowest BCUT2D eigenvalue weighted by Crippen LogP contribution is -2.26. The number of halogens is 1. The highest BCUT2D eigenvalue weighted by atomic mass is 79.9. The molecule has 1 saturated heterocycles. The molecule has 2 rings (SSSR count). The van der Waals surface area contributed by atoms with E-state index in [1.807, 2.05) is 0 Å². The summed E-state index contributed by atoms with van der Waals surface area (Å²) in [6, 6.07) is 7.16. The second-order valence-electron chi connectivity index (χ2n) is 5.17. The summed E-state index contributed by atoms with van der Waals surface area (Å²) >= 11 is 3.60. The maximum absolute atomic E-state index is 3.68.